The summed E-state index contributed by atoms with van der Waals surface area (Å²) in [7, 11) is 1.67. The van der Waals surface area contributed by atoms with Gasteiger partial charge in [-0.15, -0.1) is 0 Å². The van der Waals surface area contributed by atoms with Crippen LogP contribution < -0.4 is 10.5 Å². The molecular formula is C12H17BrClNO3. The molecule has 0 amide bonds. The summed E-state index contributed by atoms with van der Waals surface area (Å²) in [5.41, 5.74) is 6.31. The van der Waals surface area contributed by atoms with Crippen LogP contribution in [0.1, 0.15) is 6.42 Å². The van der Waals surface area contributed by atoms with E-state index in [0.717, 1.165) is 10.9 Å². The van der Waals surface area contributed by atoms with Gasteiger partial charge in [0.1, 0.15) is 6.61 Å². The number of benzene rings is 1. The minimum absolute atomic E-state index is 0.442. The van der Waals surface area contributed by atoms with E-state index >= 15 is 0 Å². The summed E-state index contributed by atoms with van der Waals surface area (Å²) in [5, 5.41) is 0.572. The van der Waals surface area contributed by atoms with Gasteiger partial charge in [0, 0.05) is 25.3 Å². The number of nitrogens with two attached hydrogens (primary N) is 1. The molecule has 6 heteroatoms. The lowest BCUT2D eigenvalue weighted by Crippen LogP contribution is -2.09. The molecule has 0 atom stereocenters. The number of methoxy groups -OCH3 is 1. The molecule has 0 fully saturated rings. The van der Waals surface area contributed by atoms with E-state index in [1.807, 2.05) is 0 Å². The highest BCUT2D eigenvalue weighted by Crippen LogP contribution is 2.34. The number of halogens is 2. The standard InChI is InChI=1S/C12H17BrClNO3/c1-16-3-2-4-17-5-6-18-12-10(13)7-9(14)8-11(12)15/h7-8H,2-6,15H2,1H3. The molecule has 0 unspecified atom stereocenters. The summed E-state index contributed by atoms with van der Waals surface area (Å²) in [5.74, 6) is 0.597. The van der Waals surface area contributed by atoms with Crippen molar-refractivity contribution in [2.24, 2.45) is 0 Å². The summed E-state index contributed by atoms with van der Waals surface area (Å²) in [6.45, 7) is 2.32. The molecule has 0 aliphatic heterocycles. The number of hydrogen-bond donors (Lipinski definition) is 1. The highest BCUT2D eigenvalue weighted by atomic mass is 79.9. The fourth-order valence-corrected chi connectivity index (χ4v) is 2.29. The first-order valence-electron chi connectivity index (χ1n) is 5.59. The molecule has 0 heterocycles. The van der Waals surface area contributed by atoms with E-state index in [9.17, 15) is 0 Å². The SMILES string of the molecule is COCCCOCCOc1c(N)cc(Cl)cc1Br. The summed E-state index contributed by atoms with van der Waals surface area (Å²) < 4.78 is 16.6. The molecule has 4 nitrogen and oxygen atoms in total. The average Bonchev–Trinajstić information content (AvgIpc) is 2.30. The summed E-state index contributed by atoms with van der Waals surface area (Å²) in [4.78, 5) is 0. The first kappa shape index (κ1) is 15.6. The number of anilines is 1. The summed E-state index contributed by atoms with van der Waals surface area (Å²) in [6.07, 6.45) is 0.878. The minimum atomic E-state index is 0.442. The van der Waals surface area contributed by atoms with Gasteiger partial charge in [-0.05, 0) is 34.5 Å². The van der Waals surface area contributed by atoms with Crippen LogP contribution in [0.2, 0.25) is 5.02 Å². The Bertz CT molecular complexity index is 353. The van der Waals surface area contributed by atoms with Crippen LogP contribution >= 0.6 is 27.5 Å². The first-order chi connectivity index (χ1) is 8.65. The van der Waals surface area contributed by atoms with Gasteiger partial charge in [-0.1, -0.05) is 11.6 Å². The normalized spacial score (nSPS) is 10.6. The fraction of sp³-hybridized carbons (Fsp3) is 0.500. The molecule has 0 bridgehead atoms. The minimum Gasteiger partial charge on any atom is -0.488 e. The molecule has 2 N–H and O–H groups in total. The van der Waals surface area contributed by atoms with Crippen molar-refractivity contribution in [1.82, 2.24) is 0 Å². The lowest BCUT2D eigenvalue weighted by molar-refractivity contribution is 0.0806. The largest absolute Gasteiger partial charge is 0.488 e. The summed E-state index contributed by atoms with van der Waals surface area (Å²) >= 11 is 9.21. The van der Waals surface area contributed by atoms with Crippen LogP contribution in [-0.4, -0.2) is 33.5 Å². The van der Waals surface area contributed by atoms with E-state index in [0.29, 0.717) is 42.9 Å². The third-order valence-electron chi connectivity index (χ3n) is 2.15. The molecule has 1 aromatic rings. The van der Waals surface area contributed by atoms with E-state index in [-0.39, 0.29) is 0 Å². The fourth-order valence-electron chi connectivity index (χ4n) is 1.34. The van der Waals surface area contributed by atoms with Crippen molar-refractivity contribution in [3.8, 4) is 5.75 Å². The molecule has 0 radical (unpaired) electrons. The zero-order chi connectivity index (χ0) is 13.4. The van der Waals surface area contributed by atoms with Crippen molar-refractivity contribution in [2.75, 3.05) is 39.3 Å². The van der Waals surface area contributed by atoms with Crippen LogP contribution in [0.4, 0.5) is 5.69 Å². The van der Waals surface area contributed by atoms with Gasteiger partial charge in [0.15, 0.2) is 5.75 Å². The Balaban J connectivity index is 2.27. The van der Waals surface area contributed by atoms with E-state index in [1.54, 1.807) is 19.2 Å². The Morgan fingerprint density at radius 3 is 2.67 bits per heavy atom. The van der Waals surface area contributed by atoms with Crippen molar-refractivity contribution in [3.05, 3.63) is 21.6 Å². The first-order valence-corrected chi connectivity index (χ1v) is 6.76. The van der Waals surface area contributed by atoms with Crippen LogP contribution in [-0.2, 0) is 9.47 Å². The van der Waals surface area contributed by atoms with Gasteiger partial charge >= 0.3 is 0 Å². The van der Waals surface area contributed by atoms with Crippen LogP contribution in [0.15, 0.2) is 16.6 Å². The number of nitrogen functional groups attached to an aromatic ring is 1. The molecule has 0 aliphatic carbocycles. The highest BCUT2D eigenvalue weighted by Gasteiger charge is 2.07. The van der Waals surface area contributed by atoms with Crippen molar-refractivity contribution in [2.45, 2.75) is 6.42 Å². The molecule has 0 spiro atoms. The van der Waals surface area contributed by atoms with Crippen LogP contribution in [0.25, 0.3) is 0 Å². The van der Waals surface area contributed by atoms with Gasteiger partial charge in [-0.25, -0.2) is 0 Å². The third kappa shape index (κ3) is 5.44. The Labute approximate surface area is 120 Å². The zero-order valence-corrected chi connectivity index (χ0v) is 12.6. The average molecular weight is 339 g/mol. The molecule has 0 saturated heterocycles. The van der Waals surface area contributed by atoms with Crippen LogP contribution in [0.5, 0.6) is 5.75 Å². The molecule has 0 saturated carbocycles. The smallest absolute Gasteiger partial charge is 0.156 e. The Kier molecular flexibility index (Phi) is 7.42. The molecular weight excluding hydrogens is 321 g/mol. The second kappa shape index (κ2) is 8.58. The van der Waals surface area contributed by atoms with E-state index in [4.69, 9.17) is 31.5 Å². The molecule has 1 rings (SSSR count). The van der Waals surface area contributed by atoms with Crippen molar-refractivity contribution < 1.29 is 14.2 Å². The maximum atomic E-state index is 5.85. The van der Waals surface area contributed by atoms with Gasteiger partial charge in [0.25, 0.3) is 0 Å². The molecule has 1 aromatic carbocycles. The zero-order valence-electron chi connectivity index (χ0n) is 10.2. The lowest BCUT2D eigenvalue weighted by atomic mass is 10.3. The monoisotopic (exact) mass is 337 g/mol. The van der Waals surface area contributed by atoms with Crippen molar-refractivity contribution in [3.63, 3.8) is 0 Å². The van der Waals surface area contributed by atoms with Crippen molar-refractivity contribution >= 4 is 33.2 Å². The number of ether oxygens (including phenoxy) is 3. The second-order valence-electron chi connectivity index (χ2n) is 3.61. The van der Waals surface area contributed by atoms with Crippen LogP contribution in [0.3, 0.4) is 0 Å². The highest BCUT2D eigenvalue weighted by molar-refractivity contribution is 9.10. The van der Waals surface area contributed by atoms with E-state index in [2.05, 4.69) is 15.9 Å². The second-order valence-corrected chi connectivity index (χ2v) is 4.90. The van der Waals surface area contributed by atoms with E-state index < -0.39 is 0 Å². The Morgan fingerprint density at radius 2 is 2.00 bits per heavy atom. The number of hydrogen-bond acceptors (Lipinski definition) is 4. The Hall–Kier alpha value is -0.490. The van der Waals surface area contributed by atoms with E-state index in [1.165, 1.54) is 0 Å². The van der Waals surface area contributed by atoms with Gasteiger partial charge in [0.05, 0.1) is 16.8 Å². The molecule has 0 aromatic heterocycles. The molecule has 0 aliphatic rings. The van der Waals surface area contributed by atoms with Gasteiger partial charge in [-0.3, -0.25) is 0 Å². The van der Waals surface area contributed by atoms with Gasteiger partial charge in [-0.2, -0.15) is 0 Å². The van der Waals surface area contributed by atoms with Gasteiger partial charge < -0.3 is 19.9 Å². The third-order valence-corrected chi connectivity index (χ3v) is 2.96. The molecule has 102 valence electrons. The molecule has 18 heavy (non-hydrogen) atoms. The van der Waals surface area contributed by atoms with Crippen LogP contribution in [0, 0.1) is 0 Å². The van der Waals surface area contributed by atoms with Gasteiger partial charge in [0.2, 0.25) is 0 Å². The number of rotatable bonds is 8. The van der Waals surface area contributed by atoms with Crippen molar-refractivity contribution in [1.29, 1.82) is 0 Å². The maximum absolute atomic E-state index is 5.85. The quantitative estimate of drug-likeness (QED) is 0.584. The lowest BCUT2D eigenvalue weighted by Gasteiger charge is -2.11. The maximum Gasteiger partial charge on any atom is 0.156 e. The Morgan fingerprint density at radius 1 is 1.22 bits per heavy atom. The summed E-state index contributed by atoms with van der Waals surface area (Å²) in [6, 6.07) is 3.40. The predicted octanol–water partition coefficient (Wildman–Crippen LogP) is 3.12. The predicted molar refractivity (Wildman–Crippen MR) is 76.4 cm³/mol. The topological polar surface area (TPSA) is 53.7 Å².